The molecular weight excluding hydrogens is 205 g/mol. The molecule has 0 spiro atoms. The third-order valence-corrected chi connectivity index (χ3v) is 2.60. The summed E-state index contributed by atoms with van der Waals surface area (Å²) in [6, 6.07) is 3.67. The highest BCUT2D eigenvalue weighted by Gasteiger charge is 2.05. The molecular formula is C12H14FN3. The fourth-order valence-electron chi connectivity index (χ4n) is 1.80. The van der Waals surface area contributed by atoms with Crippen LogP contribution in [0.25, 0.3) is 0 Å². The Morgan fingerprint density at radius 1 is 1.31 bits per heavy atom. The number of anilines is 1. The summed E-state index contributed by atoms with van der Waals surface area (Å²) in [5, 5.41) is 0. The molecule has 0 aliphatic carbocycles. The smallest absolute Gasteiger partial charge is 0.200 e. The molecule has 0 bridgehead atoms. The minimum atomic E-state index is -0.137. The molecule has 16 heavy (non-hydrogen) atoms. The van der Waals surface area contributed by atoms with Crippen molar-refractivity contribution in [3.05, 3.63) is 47.0 Å². The van der Waals surface area contributed by atoms with E-state index >= 15 is 0 Å². The van der Waals surface area contributed by atoms with E-state index in [0.29, 0.717) is 23.6 Å². The molecule has 0 fully saturated rings. The highest BCUT2D eigenvalue weighted by atomic mass is 19.1. The molecule has 2 N–H and O–H groups in total. The lowest BCUT2D eigenvalue weighted by atomic mass is 10.1. The Balaban J connectivity index is 2.33. The summed E-state index contributed by atoms with van der Waals surface area (Å²) in [6.07, 6.45) is 3.46. The molecule has 0 aliphatic heterocycles. The van der Waals surface area contributed by atoms with E-state index in [1.165, 1.54) is 0 Å². The summed E-state index contributed by atoms with van der Waals surface area (Å²) in [5.41, 5.74) is 8.02. The van der Waals surface area contributed by atoms with Crippen molar-refractivity contribution in [3.8, 4) is 0 Å². The fourth-order valence-corrected chi connectivity index (χ4v) is 1.80. The van der Waals surface area contributed by atoms with Crippen LogP contribution in [-0.4, -0.2) is 9.55 Å². The minimum absolute atomic E-state index is 0.137. The van der Waals surface area contributed by atoms with Crippen LogP contribution in [0.4, 0.5) is 10.3 Å². The number of hydrogen-bond acceptors (Lipinski definition) is 2. The van der Waals surface area contributed by atoms with Gasteiger partial charge in [0.05, 0.1) is 6.54 Å². The third-order valence-electron chi connectivity index (χ3n) is 2.60. The summed E-state index contributed by atoms with van der Waals surface area (Å²) in [6.45, 7) is 4.15. The highest BCUT2D eigenvalue weighted by molar-refractivity contribution is 5.31. The predicted molar refractivity (Wildman–Crippen MR) is 61.6 cm³/mol. The van der Waals surface area contributed by atoms with Crippen LogP contribution in [0.2, 0.25) is 0 Å². The van der Waals surface area contributed by atoms with Crippen molar-refractivity contribution in [1.29, 1.82) is 0 Å². The van der Waals surface area contributed by atoms with Gasteiger partial charge in [-0.15, -0.1) is 0 Å². The number of aryl methyl sites for hydroxylation is 2. The fraction of sp³-hybridized carbons (Fsp3) is 0.250. The second-order valence-electron chi connectivity index (χ2n) is 3.96. The first-order valence-electron chi connectivity index (χ1n) is 5.10. The van der Waals surface area contributed by atoms with Gasteiger partial charge in [-0.25, -0.2) is 9.37 Å². The SMILES string of the molecule is Cc1cc(Cn2ccnc2N)cc(C)c1F. The molecule has 0 saturated heterocycles. The van der Waals surface area contributed by atoms with Gasteiger partial charge in [-0.2, -0.15) is 0 Å². The zero-order chi connectivity index (χ0) is 11.7. The van der Waals surface area contributed by atoms with Crippen molar-refractivity contribution in [3.63, 3.8) is 0 Å². The Labute approximate surface area is 93.7 Å². The van der Waals surface area contributed by atoms with Crippen LogP contribution < -0.4 is 5.73 Å². The van der Waals surface area contributed by atoms with E-state index in [2.05, 4.69) is 4.98 Å². The second-order valence-corrected chi connectivity index (χ2v) is 3.96. The monoisotopic (exact) mass is 219 g/mol. The molecule has 4 heteroatoms. The maximum atomic E-state index is 13.4. The molecule has 2 aromatic rings. The van der Waals surface area contributed by atoms with Crippen molar-refractivity contribution in [1.82, 2.24) is 9.55 Å². The molecule has 1 heterocycles. The topological polar surface area (TPSA) is 43.8 Å². The Morgan fingerprint density at radius 2 is 1.94 bits per heavy atom. The summed E-state index contributed by atoms with van der Waals surface area (Å²) in [4.78, 5) is 3.94. The summed E-state index contributed by atoms with van der Waals surface area (Å²) >= 11 is 0. The standard InChI is InChI=1S/C12H14FN3/c1-8-5-10(6-9(2)11(8)13)7-16-4-3-15-12(16)14/h3-6H,7H2,1-2H3,(H2,14,15). The Bertz CT molecular complexity index is 494. The van der Waals surface area contributed by atoms with E-state index in [0.717, 1.165) is 5.56 Å². The van der Waals surface area contributed by atoms with Gasteiger partial charge in [0.2, 0.25) is 0 Å². The van der Waals surface area contributed by atoms with Crippen LogP contribution in [0.3, 0.4) is 0 Å². The van der Waals surface area contributed by atoms with Gasteiger partial charge in [0, 0.05) is 12.4 Å². The van der Waals surface area contributed by atoms with Gasteiger partial charge in [0.1, 0.15) is 5.82 Å². The van der Waals surface area contributed by atoms with Crippen LogP contribution >= 0.6 is 0 Å². The molecule has 0 radical (unpaired) electrons. The number of rotatable bonds is 2. The molecule has 0 atom stereocenters. The first-order chi connectivity index (χ1) is 7.58. The normalized spacial score (nSPS) is 10.7. The van der Waals surface area contributed by atoms with Gasteiger partial charge in [-0.3, -0.25) is 0 Å². The van der Waals surface area contributed by atoms with Crippen molar-refractivity contribution in [2.45, 2.75) is 20.4 Å². The van der Waals surface area contributed by atoms with E-state index < -0.39 is 0 Å². The maximum Gasteiger partial charge on any atom is 0.200 e. The molecule has 84 valence electrons. The number of nitrogens with zero attached hydrogens (tertiary/aromatic N) is 2. The molecule has 1 aromatic heterocycles. The van der Waals surface area contributed by atoms with E-state index in [4.69, 9.17) is 5.73 Å². The molecule has 0 aliphatic rings. The van der Waals surface area contributed by atoms with Crippen LogP contribution in [0.15, 0.2) is 24.5 Å². The van der Waals surface area contributed by atoms with E-state index in [1.54, 1.807) is 20.0 Å². The van der Waals surface area contributed by atoms with Crippen LogP contribution in [-0.2, 0) is 6.54 Å². The molecule has 0 saturated carbocycles. The highest BCUT2D eigenvalue weighted by Crippen LogP contribution is 2.16. The van der Waals surface area contributed by atoms with Gasteiger partial charge < -0.3 is 10.3 Å². The average molecular weight is 219 g/mol. The van der Waals surface area contributed by atoms with Crippen LogP contribution in [0, 0.1) is 19.7 Å². The number of nitrogen functional groups attached to an aromatic ring is 1. The molecule has 0 amide bonds. The summed E-state index contributed by atoms with van der Waals surface area (Å²) in [5.74, 6) is 0.335. The zero-order valence-corrected chi connectivity index (χ0v) is 9.37. The Morgan fingerprint density at radius 3 is 2.44 bits per heavy atom. The zero-order valence-electron chi connectivity index (χ0n) is 9.37. The second kappa shape index (κ2) is 3.96. The Hall–Kier alpha value is -1.84. The van der Waals surface area contributed by atoms with Crippen LogP contribution in [0.1, 0.15) is 16.7 Å². The first kappa shape index (κ1) is 10.7. The minimum Gasteiger partial charge on any atom is -0.369 e. The van der Waals surface area contributed by atoms with Crippen molar-refractivity contribution >= 4 is 5.95 Å². The summed E-state index contributed by atoms with van der Waals surface area (Å²) in [7, 11) is 0. The van der Waals surface area contributed by atoms with Gasteiger partial charge >= 0.3 is 0 Å². The van der Waals surface area contributed by atoms with Gasteiger partial charge in [-0.1, -0.05) is 12.1 Å². The van der Waals surface area contributed by atoms with Gasteiger partial charge in [0.25, 0.3) is 0 Å². The molecule has 3 nitrogen and oxygen atoms in total. The number of nitrogens with two attached hydrogens (primary N) is 1. The van der Waals surface area contributed by atoms with Crippen molar-refractivity contribution in [2.24, 2.45) is 0 Å². The number of hydrogen-bond donors (Lipinski definition) is 1. The molecule has 0 unspecified atom stereocenters. The number of aromatic nitrogens is 2. The van der Waals surface area contributed by atoms with E-state index in [1.807, 2.05) is 22.9 Å². The number of imidazole rings is 1. The lowest BCUT2D eigenvalue weighted by molar-refractivity contribution is 0.607. The van der Waals surface area contributed by atoms with Crippen molar-refractivity contribution < 1.29 is 4.39 Å². The third kappa shape index (κ3) is 1.91. The van der Waals surface area contributed by atoms with Crippen LogP contribution in [0.5, 0.6) is 0 Å². The quantitative estimate of drug-likeness (QED) is 0.842. The average Bonchev–Trinajstić information content (AvgIpc) is 2.61. The van der Waals surface area contributed by atoms with Gasteiger partial charge in [-0.05, 0) is 30.5 Å². The molecule has 2 rings (SSSR count). The van der Waals surface area contributed by atoms with Gasteiger partial charge in [0.15, 0.2) is 5.95 Å². The predicted octanol–water partition coefficient (Wildman–Crippen LogP) is 2.27. The lowest BCUT2D eigenvalue weighted by Crippen LogP contribution is -2.04. The van der Waals surface area contributed by atoms with E-state index in [-0.39, 0.29) is 5.82 Å². The molecule has 1 aromatic carbocycles. The van der Waals surface area contributed by atoms with Crippen molar-refractivity contribution in [2.75, 3.05) is 5.73 Å². The maximum absolute atomic E-state index is 13.4. The van der Waals surface area contributed by atoms with E-state index in [9.17, 15) is 4.39 Å². The largest absolute Gasteiger partial charge is 0.369 e. The first-order valence-corrected chi connectivity index (χ1v) is 5.10. The Kier molecular flexibility index (Phi) is 2.64. The summed E-state index contributed by atoms with van der Waals surface area (Å²) < 4.78 is 15.3. The number of halogens is 1. The lowest BCUT2D eigenvalue weighted by Gasteiger charge is -2.08. The number of benzene rings is 1.